The molecule has 1 saturated heterocycles. The normalized spacial score (nSPS) is 15.8. The summed E-state index contributed by atoms with van der Waals surface area (Å²) in [5.41, 5.74) is 2.49. The Kier molecular flexibility index (Phi) is 8.93. The maximum absolute atomic E-state index is 13.3. The highest BCUT2D eigenvalue weighted by Crippen LogP contribution is 2.41. The second kappa shape index (κ2) is 12.1. The quantitative estimate of drug-likeness (QED) is 0.220. The molecule has 10 heteroatoms. The van der Waals surface area contributed by atoms with Gasteiger partial charge in [-0.15, -0.1) is 0 Å². The highest BCUT2D eigenvalue weighted by molar-refractivity contribution is 6.45. The summed E-state index contributed by atoms with van der Waals surface area (Å²) in [6.07, 6.45) is 8.05. The minimum Gasteiger partial charge on any atom is -0.466 e. The van der Waals surface area contributed by atoms with Gasteiger partial charge in [0.25, 0.3) is 0 Å². The van der Waals surface area contributed by atoms with Crippen molar-refractivity contribution in [3.05, 3.63) is 40.3 Å². The maximum atomic E-state index is 13.3. The summed E-state index contributed by atoms with van der Waals surface area (Å²) in [5, 5.41) is 6.08. The molecule has 0 bridgehead atoms. The Morgan fingerprint density at radius 3 is 2.67 bits per heavy atom. The zero-order valence-corrected chi connectivity index (χ0v) is 22.1. The van der Waals surface area contributed by atoms with Crippen LogP contribution in [-0.2, 0) is 25.5 Å². The summed E-state index contributed by atoms with van der Waals surface area (Å²) in [6.45, 7) is 5.28. The molecule has 3 aromatic rings. The van der Waals surface area contributed by atoms with Crippen molar-refractivity contribution in [2.45, 2.75) is 65.1 Å². The van der Waals surface area contributed by atoms with Gasteiger partial charge < -0.3 is 18.8 Å². The lowest BCUT2D eigenvalue weighted by Gasteiger charge is -2.22. The molecule has 1 unspecified atom stereocenters. The Bertz CT molecular complexity index is 1230. The molecule has 2 aromatic heterocycles. The molecule has 4 rings (SSSR count). The van der Waals surface area contributed by atoms with E-state index in [1.165, 1.54) is 0 Å². The second-order valence-corrected chi connectivity index (χ2v) is 9.43. The fourth-order valence-electron chi connectivity index (χ4n) is 4.64. The molecule has 1 fully saturated rings. The summed E-state index contributed by atoms with van der Waals surface area (Å²) in [5.74, 6) is -0.692. The molecule has 3 heterocycles. The van der Waals surface area contributed by atoms with Crippen molar-refractivity contribution in [3.63, 3.8) is 0 Å². The maximum Gasteiger partial charge on any atom is 0.355 e. The summed E-state index contributed by atoms with van der Waals surface area (Å²) >= 11 is 13.1. The minimum absolute atomic E-state index is 0.132. The first-order valence-corrected chi connectivity index (χ1v) is 13.2. The van der Waals surface area contributed by atoms with Crippen LogP contribution >= 0.6 is 23.2 Å². The zero-order chi connectivity index (χ0) is 25.7. The van der Waals surface area contributed by atoms with E-state index in [0.717, 1.165) is 30.2 Å². The van der Waals surface area contributed by atoms with Crippen molar-refractivity contribution < 1.29 is 23.8 Å². The molecule has 194 valence electrons. The van der Waals surface area contributed by atoms with Gasteiger partial charge in [-0.05, 0) is 52.0 Å². The number of hydrogen-bond donors (Lipinski definition) is 0. The number of halogens is 2. The number of nitrogens with zero attached hydrogens (tertiary/aromatic N) is 3. The van der Waals surface area contributed by atoms with Crippen LogP contribution in [0, 0.1) is 0 Å². The lowest BCUT2D eigenvalue weighted by atomic mass is 10.1. The smallest absolute Gasteiger partial charge is 0.355 e. The topological polar surface area (TPSA) is 84.6 Å². The van der Waals surface area contributed by atoms with E-state index in [9.17, 15) is 9.59 Å². The number of unbranched alkanes of at least 4 members (excludes halogenated alkanes) is 1. The van der Waals surface area contributed by atoms with E-state index in [1.807, 2.05) is 21.5 Å². The molecule has 1 aliphatic rings. The molecule has 0 aliphatic carbocycles. The summed E-state index contributed by atoms with van der Waals surface area (Å²) in [7, 11) is 0. The predicted molar refractivity (Wildman–Crippen MR) is 138 cm³/mol. The highest BCUT2D eigenvalue weighted by Gasteiger charge is 2.28. The number of ether oxygens (including phenoxy) is 3. The van der Waals surface area contributed by atoms with E-state index in [0.29, 0.717) is 65.8 Å². The number of esters is 2. The van der Waals surface area contributed by atoms with E-state index >= 15 is 0 Å². The molecule has 36 heavy (non-hydrogen) atoms. The Labute approximate surface area is 220 Å². The van der Waals surface area contributed by atoms with Crippen molar-refractivity contribution in [1.29, 1.82) is 0 Å². The van der Waals surface area contributed by atoms with Crippen molar-refractivity contribution in [1.82, 2.24) is 14.3 Å². The lowest BCUT2D eigenvalue weighted by Crippen LogP contribution is -2.18. The lowest BCUT2D eigenvalue weighted by molar-refractivity contribution is -0.143. The standard InChI is InChI=1S/C26H31Cl2N3O5/c1-3-34-21(32)10-5-7-13-30-24-18(11-12-19(27)23(24)28)22(25(30)26(33)35-4-2)17-15-29-31(16-17)20-9-6-8-14-36-20/h11-12,15-16,20H,3-10,13-14H2,1-2H3. The number of fused-ring (bicyclic) bond motifs is 1. The monoisotopic (exact) mass is 535 g/mol. The molecular weight excluding hydrogens is 505 g/mol. The van der Waals surface area contributed by atoms with Crippen molar-refractivity contribution in [3.8, 4) is 11.1 Å². The second-order valence-electron chi connectivity index (χ2n) is 8.65. The first-order valence-electron chi connectivity index (χ1n) is 12.4. The van der Waals surface area contributed by atoms with Gasteiger partial charge >= 0.3 is 11.9 Å². The van der Waals surface area contributed by atoms with Gasteiger partial charge in [-0.25, -0.2) is 9.48 Å². The number of hydrogen-bond acceptors (Lipinski definition) is 6. The summed E-state index contributed by atoms with van der Waals surface area (Å²) in [4.78, 5) is 25.1. The first-order chi connectivity index (χ1) is 17.5. The van der Waals surface area contributed by atoms with Crippen LogP contribution in [0.5, 0.6) is 0 Å². The molecule has 8 nitrogen and oxygen atoms in total. The van der Waals surface area contributed by atoms with Gasteiger partial charge in [0, 0.05) is 42.3 Å². The Morgan fingerprint density at radius 2 is 1.94 bits per heavy atom. The van der Waals surface area contributed by atoms with E-state index in [4.69, 9.17) is 37.4 Å². The Hall–Kier alpha value is -2.55. The van der Waals surface area contributed by atoms with Gasteiger partial charge in [0.1, 0.15) is 11.9 Å². The van der Waals surface area contributed by atoms with Crippen LogP contribution in [0.25, 0.3) is 22.0 Å². The number of carbonyl (C=O) groups excluding carboxylic acids is 2. The van der Waals surface area contributed by atoms with Gasteiger partial charge in [-0.2, -0.15) is 5.10 Å². The van der Waals surface area contributed by atoms with Crippen LogP contribution in [0.4, 0.5) is 0 Å². The Morgan fingerprint density at radius 1 is 1.14 bits per heavy atom. The van der Waals surface area contributed by atoms with Crippen molar-refractivity contribution >= 4 is 46.0 Å². The van der Waals surface area contributed by atoms with Gasteiger partial charge in [0.05, 0.1) is 35.0 Å². The van der Waals surface area contributed by atoms with Gasteiger partial charge in [-0.1, -0.05) is 29.3 Å². The van der Waals surface area contributed by atoms with E-state index < -0.39 is 5.97 Å². The van der Waals surface area contributed by atoms with Crippen LogP contribution in [-0.4, -0.2) is 46.1 Å². The van der Waals surface area contributed by atoms with Crippen LogP contribution in [0.2, 0.25) is 10.0 Å². The number of aromatic nitrogens is 3. The third-order valence-electron chi connectivity index (χ3n) is 6.24. The van der Waals surface area contributed by atoms with Crippen LogP contribution in [0.15, 0.2) is 24.5 Å². The fourth-order valence-corrected chi connectivity index (χ4v) is 5.06. The zero-order valence-electron chi connectivity index (χ0n) is 20.6. The molecular formula is C26H31Cl2N3O5. The number of carbonyl (C=O) groups is 2. The minimum atomic E-state index is -0.456. The molecule has 1 atom stereocenters. The molecule has 0 N–H and O–H groups in total. The molecule has 1 aromatic carbocycles. The van der Waals surface area contributed by atoms with Crippen LogP contribution in [0.1, 0.15) is 69.1 Å². The average Bonchev–Trinajstić information content (AvgIpc) is 3.48. The Balaban J connectivity index is 1.78. The van der Waals surface area contributed by atoms with E-state index in [2.05, 4.69) is 5.10 Å². The SMILES string of the molecule is CCOC(=O)CCCCn1c(C(=O)OCC)c(-c2cnn(C3CCCCO3)c2)c2ccc(Cl)c(Cl)c21. The first kappa shape index (κ1) is 26.5. The van der Waals surface area contributed by atoms with Crippen molar-refractivity contribution in [2.24, 2.45) is 0 Å². The van der Waals surface area contributed by atoms with Crippen LogP contribution < -0.4 is 0 Å². The number of rotatable bonds is 10. The molecule has 0 amide bonds. The number of benzene rings is 1. The third kappa shape index (κ3) is 5.56. The van der Waals surface area contributed by atoms with E-state index in [1.54, 1.807) is 26.1 Å². The van der Waals surface area contributed by atoms with Gasteiger partial charge in [0.2, 0.25) is 0 Å². The summed E-state index contributed by atoms with van der Waals surface area (Å²) in [6, 6.07) is 3.59. The van der Waals surface area contributed by atoms with Gasteiger partial charge in [-0.3, -0.25) is 4.79 Å². The molecule has 0 radical (unpaired) electrons. The number of aryl methyl sites for hydroxylation is 1. The average molecular weight is 536 g/mol. The third-order valence-corrected chi connectivity index (χ3v) is 7.04. The predicted octanol–water partition coefficient (Wildman–Crippen LogP) is 6.42. The molecule has 0 spiro atoms. The summed E-state index contributed by atoms with van der Waals surface area (Å²) < 4.78 is 20.1. The highest BCUT2D eigenvalue weighted by atomic mass is 35.5. The van der Waals surface area contributed by atoms with Crippen molar-refractivity contribution in [2.75, 3.05) is 19.8 Å². The largest absolute Gasteiger partial charge is 0.466 e. The van der Waals surface area contributed by atoms with Gasteiger partial charge in [0.15, 0.2) is 0 Å². The molecule has 0 saturated carbocycles. The fraction of sp³-hybridized carbons (Fsp3) is 0.500. The molecule has 1 aliphatic heterocycles. The van der Waals surface area contributed by atoms with E-state index in [-0.39, 0.29) is 18.8 Å². The van der Waals surface area contributed by atoms with Crippen LogP contribution in [0.3, 0.4) is 0 Å².